The zero-order chi connectivity index (χ0) is 16.5. The highest BCUT2D eigenvalue weighted by Crippen LogP contribution is 2.20. The third kappa shape index (κ3) is 2.67. The van der Waals surface area contributed by atoms with E-state index in [0.29, 0.717) is 23.1 Å². The van der Waals surface area contributed by atoms with Gasteiger partial charge in [0.2, 0.25) is 5.91 Å². The molecule has 24 heavy (non-hydrogen) atoms. The van der Waals surface area contributed by atoms with Crippen molar-refractivity contribution >= 4 is 33.4 Å². The summed E-state index contributed by atoms with van der Waals surface area (Å²) in [6, 6.07) is 19.3. The molecule has 0 aliphatic rings. The van der Waals surface area contributed by atoms with Gasteiger partial charge in [0.25, 0.3) is 0 Å². The lowest BCUT2D eigenvalue weighted by Gasteiger charge is -2.08. The molecule has 0 aliphatic heterocycles. The van der Waals surface area contributed by atoms with E-state index in [1.807, 2.05) is 42.5 Å². The molecule has 0 fully saturated rings. The largest absolute Gasteiger partial charge is 0.326 e. The number of carbonyl (C=O) groups is 1. The number of anilines is 1. The second-order valence-corrected chi connectivity index (χ2v) is 5.70. The van der Waals surface area contributed by atoms with Crippen LogP contribution in [0, 0.1) is 0 Å². The van der Waals surface area contributed by atoms with E-state index in [-0.39, 0.29) is 11.6 Å². The molecule has 1 heterocycles. The summed E-state index contributed by atoms with van der Waals surface area (Å²) in [6.45, 7) is 0. The zero-order valence-electron chi connectivity index (χ0n) is 12.8. The maximum Gasteiger partial charge on any atom is 0.323 e. The highest BCUT2D eigenvalue weighted by molar-refractivity contribution is 5.97. The number of nitrogens with one attached hydrogen (secondary N) is 3. The number of amides is 1. The fourth-order valence-electron chi connectivity index (χ4n) is 2.94. The van der Waals surface area contributed by atoms with Crippen molar-refractivity contribution in [1.82, 2.24) is 9.97 Å². The Balaban J connectivity index is 1.58. The Labute approximate surface area is 137 Å². The number of benzene rings is 3. The fraction of sp³-hybridized carbons (Fsp3) is 0.0526. The van der Waals surface area contributed by atoms with Crippen LogP contribution < -0.4 is 11.0 Å². The lowest BCUT2D eigenvalue weighted by molar-refractivity contribution is -0.115. The predicted molar refractivity (Wildman–Crippen MR) is 95.2 cm³/mol. The molecule has 1 aromatic heterocycles. The second-order valence-electron chi connectivity index (χ2n) is 5.70. The molecular weight excluding hydrogens is 302 g/mol. The van der Waals surface area contributed by atoms with E-state index >= 15 is 0 Å². The van der Waals surface area contributed by atoms with Crippen LogP contribution in [0.5, 0.6) is 0 Å². The number of aromatic amines is 2. The van der Waals surface area contributed by atoms with E-state index in [9.17, 15) is 9.59 Å². The first-order valence-corrected chi connectivity index (χ1v) is 7.67. The Hall–Kier alpha value is -3.34. The van der Waals surface area contributed by atoms with Crippen LogP contribution >= 0.6 is 0 Å². The van der Waals surface area contributed by atoms with Gasteiger partial charge in [-0.2, -0.15) is 0 Å². The minimum atomic E-state index is -0.260. The number of fused-ring (bicyclic) bond motifs is 2. The van der Waals surface area contributed by atoms with Gasteiger partial charge < -0.3 is 15.3 Å². The number of rotatable bonds is 3. The van der Waals surface area contributed by atoms with Gasteiger partial charge in [-0.1, -0.05) is 42.5 Å². The number of carbonyl (C=O) groups excluding carboxylic acids is 1. The van der Waals surface area contributed by atoms with Gasteiger partial charge in [0.05, 0.1) is 17.5 Å². The molecule has 5 nitrogen and oxygen atoms in total. The average Bonchev–Trinajstić information content (AvgIpc) is 2.94. The maximum atomic E-state index is 12.4. The van der Waals surface area contributed by atoms with E-state index in [1.54, 1.807) is 18.2 Å². The number of hydrogen-bond acceptors (Lipinski definition) is 2. The van der Waals surface area contributed by atoms with Crippen molar-refractivity contribution in [1.29, 1.82) is 0 Å². The summed E-state index contributed by atoms with van der Waals surface area (Å²) in [5, 5.41) is 5.09. The van der Waals surface area contributed by atoms with E-state index in [2.05, 4.69) is 15.3 Å². The van der Waals surface area contributed by atoms with Gasteiger partial charge in [0, 0.05) is 5.69 Å². The summed E-state index contributed by atoms with van der Waals surface area (Å²) in [5.41, 5.74) is 2.77. The minimum Gasteiger partial charge on any atom is -0.326 e. The quantitative estimate of drug-likeness (QED) is 0.542. The van der Waals surface area contributed by atoms with Crippen molar-refractivity contribution < 1.29 is 4.79 Å². The van der Waals surface area contributed by atoms with Gasteiger partial charge in [-0.05, 0) is 34.5 Å². The van der Waals surface area contributed by atoms with Gasteiger partial charge in [-0.15, -0.1) is 0 Å². The standard InChI is InChI=1S/C19H15N3O2/c23-18(10-13-6-3-5-12-4-1-2-7-15(12)13)20-14-8-9-16-17(11-14)22-19(24)21-16/h1-9,11H,10H2,(H,20,23)(H2,21,22,24). The smallest absolute Gasteiger partial charge is 0.323 e. The number of hydrogen-bond donors (Lipinski definition) is 3. The number of aromatic nitrogens is 2. The van der Waals surface area contributed by atoms with E-state index in [4.69, 9.17) is 0 Å². The molecule has 3 aromatic carbocycles. The van der Waals surface area contributed by atoms with Gasteiger partial charge >= 0.3 is 5.69 Å². The highest BCUT2D eigenvalue weighted by atomic mass is 16.1. The van der Waals surface area contributed by atoms with Crippen molar-refractivity contribution in [2.75, 3.05) is 5.32 Å². The topological polar surface area (TPSA) is 77.8 Å². The maximum absolute atomic E-state index is 12.4. The van der Waals surface area contributed by atoms with Crippen molar-refractivity contribution in [2.45, 2.75) is 6.42 Å². The second kappa shape index (κ2) is 5.70. The molecule has 118 valence electrons. The third-order valence-corrected chi connectivity index (χ3v) is 4.03. The van der Waals surface area contributed by atoms with Crippen LogP contribution in [0.4, 0.5) is 5.69 Å². The van der Waals surface area contributed by atoms with Crippen LogP contribution in [0.1, 0.15) is 5.56 Å². The predicted octanol–water partition coefficient (Wildman–Crippen LogP) is 3.19. The molecule has 0 unspecified atom stereocenters. The van der Waals surface area contributed by atoms with Crippen molar-refractivity contribution in [3.05, 3.63) is 76.7 Å². The van der Waals surface area contributed by atoms with Crippen LogP contribution in [0.3, 0.4) is 0 Å². The monoisotopic (exact) mass is 317 g/mol. The summed E-state index contributed by atoms with van der Waals surface area (Å²) in [6.07, 6.45) is 0.295. The van der Waals surface area contributed by atoms with E-state index in [1.165, 1.54) is 0 Å². The van der Waals surface area contributed by atoms with Gasteiger partial charge in [-0.3, -0.25) is 4.79 Å². The van der Waals surface area contributed by atoms with Crippen LogP contribution in [-0.4, -0.2) is 15.9 Å². The summed E-state index contributed by atoms with van der Waals surface area (Å²) in [7, 11) is 0. The lowest BCUT2D eigenvalue weighted by atomic mass is 10.0. The summed E-state index contributed by atoms with van der Waals surface area (Å²) < 4.78 is 0. The van der Waals surface area contributed by atoms with Crippen LogP contribution in [0.25, 0.3) is 21.8 Å². The van der Waals surface area contributed by atoms with E-state index in [0.717, 1.165) is 16.3 Å². The summed E-state index contributed by atoms with van der Waals surface area (Å²) in [4.78, 5) is 29.0. The molecule has 0 bridgehead atoms. The first-order valence-electron chi connectivity index (χ1n) is 7.67. The van der Waals surface area contributed by atoms with Crippen LogP contribution in [-0.2, 0) is 11.2 Å². The van der Waals surface area contributed by atoms with Gasteiger partial charge in [0.15, 0.2) is 0 Å². The molecule has 0 spiro atoms. The molecule has 0 saturated carbocycles. The van der Waals surface area contributed by atoms with Crippen molar-refractivity contribution in [2.24, 2.45) is 0 Å². The molecule has 0 atom stereocenters. The van der Waals surface area contributed by atoms with E-state index < -0.39 is 0 Å². The Bertz CT molecular complexity index is 1100. The van der Waals surface area contributed by atoms with Crippen molar-refractivity contribution in [3.8, 4) is 0 Å². The Kier molecular flexibility index (Phi) is 3.39. The normalized spacial score (nSPS) is 11.0. The van der Waals surface area contributed by atoms with Crippen LogP contribution in [0.15, 0.2) is 65.5 Å². The van der Waals surface area contributed by atoms with Crippen LogP contribution in [0.2, 0.25) is 0 Å². The first kappa shape index (κ1) is 14.3. The molecular formula is C19H15N3O2. The lowest BCUT2D eigenvalue weighted by Crippen LogP contribution is -2.14. The first-order chi connectivity index (χ1) is 11.7. The number of H-pyrrole nitrogens is 2. The molecule has 3 N–H and O–H groups in total. The zero-order valence-corrected chi connectivity index (χ0v) is 12.8. The number of imidazole rings is 1. The van der Waals surface area contributed by atoms with Gasteiger partial charge in [-0.25, -0.2) is 4.79 Å². The molecule has 0 radical (unpaired) electrons. The molecule has 5 heteroatoms. The Morgan fingerprint density at radius 1 is 0.917 bits per heavy atom. The minimum absolute atomic E-state index is 0.0939. The molecule has 4 rings (SSSR count). The Morgan fingerprint density at radius 3 is 2.62 bits per heavy atom. The average molecular weight is 317 g/mol. The molecule has 0 aliphatic carbocycles. The summed E-state index contributed by atoms with van der Waals surface area (Å²) >= 11 is 0. The highest BCUT2D eigenvalue weighted by Gasteiger charge is 2.08. The fourth-order valence-corrected chi connectivity index (χ4v) is 2.94. The van der Waals surface area contributed by atoms with Gasteiger partial charge in [0.1, 0.15) is 0 Å². The Morgan fingerprint density at radius 2 is 1.71 bits per heavy atom. The third-order valence-electron chi connectivity index (χ3n) is 4.03. The SMILES string of the molecule is O=C(Cc1cccc2ccccc12)Nc1ccc2[nH]c(=O)[nH]c2c1. The molecule has 4 aromatic rings. The summed E-state index contributed by atoms with van der Waals surface area (Å²) in [5.74, 6) is -0.0939. The van der Waals surface area contributed by atoms with Crippen molar-refractivity contribution in [3.63, 3.8) is 0 Å². The molecule has 1 amide bonds. The molecule has 0 saturated heterocycles.